The van der Waals surface area contributed by atoms with Crippen LogP contribution < -0.4 is 0 Å². The molecule has 0 aliphatic carbocycles. The molecule has 1 unspecified atom stereocenters. The van der Waals surface area contributed by atoms with Crippen LogP contribution in [0.2, 0.25) is 0 Å². The van der Waals surface area contributed by atoms with Crippen molar-refractivity contribution in [3.05, 3.63) is 36.0 Å². The number of fused-ring (bicyclic) bond motifs is 1. The minimum atomic E-state index is -4.64. The zero-order valence-electron chi connectivity index (χ0n) is 8.49. The lowest BCUT2D eigenvalue weighted by Gasteiger charge is -2.16. The van der Waals surface area contributed by atoms with Crippen LogP contribution in [0.4, 0.5) is 13.2 Å². The van der Waals surface area contributed by atoms with Gasteiger partial charge in [0.25, 0.3) is 0 Å². The topological polar surface area (TPSA) is 25.2 Å². The van der Waals surface area contributed by atoms with Crippen LogP contribution in [-0.4, -0.2) is 15.8 Å². The zero-order valence-corrected chi connectivity index (χ0v) is 8.49. The Morgan fingerprint density at radius 1 is 1.25 bits per heavy atom. The number of alkyl halides is 3. The van der Waals surface area contributed by atoms with Gasteiger partial charge < -0.3 is 9.67 Å². The van der Waals surface area contributed by atoms with Crippen LogP contribution in [0.15, 0.2) is 30.5 Å². The summed E-state index contributed by atoms with van der Waals surface area (Å²) in [5, 5.41) is 9.94. The van der Waals surface area contributed by atoms with E-state index in [1.54, 1.807) is 29.9 Å². The van der Waals surface area contributed by atoms with Gasteiger partial charge in [-0.25, -0.2) is 0 Å². The average Bonchev–Trinajstić information content (AvgIpc) is 2.58. The molecule has 1 aromatic carbocycles. The van der Waals surface area contributed by atoms with Crippen molar-refractivity contribution in [1.82, 2.24) is 4.57 Å². The van der Waals surface area contributed by atoms with E-state index in [1.807, 2.05) is 0 Å². The molecule has 0 saturated carbocycles. The molecular weight excluding hydrogens is 219 g/mol. The molecule has 0 aliphatic rings. The summed E-state index contributed by atoms with van der Waals surface area (Å²) >= 11 is 0. The van der Waals surface area contributed by atoms with Crippen LogP contribution in [0, 0.1) is 0 Å². The van der Waals surface area contributed by atoms with Crippen molar-refractivity contribution in [2.75, 3.05) is 0 Å². The van der Waals surface area contributed by atoms with E-state index in [0.717, 1.165) is 0 Å². The summed E-state index contributed by atoms with van der Waals surface area (Å²) in [5.74, 6) is 0. The maximum atomic E-state index is 12.4. The van der Waals surface area contributed by atoms with Gasteiger partial charge in [-0.3, -0.25) is 0 Å². The zero-order chi connectivity index (χ0) is 11.9. The lowest BCUT2D eigenvalue weighted by molar-refractivity contribution is -0.206. The number of hydrogen-bond acceptors (Lipinski definition) is 1. The van der Waals surface area contributed by atoms with Crippen molar-refractivity contribution in [3.63, 3.8) is 0 Å². The quantitative estimate of drug-likeness (QED) is 0.799. The molecule has 0 amide bonds. The highest BCUT2D eigenvalue weighted by Gasteiger charge is 2.40. The van der Waals surface area contributed by atoms with Crippen LogP contribution in [0.1, 0.15) is 11.7 Å². The van der Waals surface area contributed by atoms with Gasteiger partial charge >= 0.3 is 6.18 Å². The highest BCUT2D eigenvalue weighted by molar-refractivity contribution is 5.83. The minimum absolute atomic E-state index is 0.113. The fourth-order valence-electron chi connectivity index (χ4n) is 1.79. The molecule has 2 rings (SSSR count). The number of hydrogen-bond donors (Lipinski definition) is 1. The second-order valence-corrected chi connectivity index (χ2v) is 3.66. The van der Waals surface area contributed by atoms with Crippen LogP contribution in [0.5, 0.6) is 0 Å². The SMILES string of the molecule is Cn1ccc2cccc(C(O)C(F)(F)F)c21. The van der Waals surface area contributed by atoms with Crippen LogP contribution in [0.25, 0.3) is 10.9 Å². The predicted molar refractivity (Wildman–Crippen MR) is 53.9 cm³/mol. The fourth-order valence-corrected chi connectivity index (χ4v) is 1.79. The molecule has 2 aromatic rings. The van der Waals surface area contributed by atoms with E-state index in [-0.39, 0.29) is 5.56 Å². The summed E-state index contributed by atoms with van der Waals surface area (Å²) in [6.07, 6.45) is -5.42. The summed E-state index contributed by atoms with van der Waals surface area (Å²) in [4.78, 5) is 0. The first-order valence-electron chi connectivity index (χ1n) is 4.70. The first kappa shape index (κ1) is 11.0. The van der Waals surface area contributed by atoms with Gasteiger partial charge in [0.2, 0.25) is 0 Å². The van der Waals surface area contributed by atoms with Gasteiger partial charge in [0.15, 0.2) is 6.10 Å². The predicted octanol–water partition coefficient (Wildman–Crippen LogP) is 2.77. The van der Waals surface area contributed by atoms with Crippen LogP contribution in [-0.2, 0) is 7.05 Å². The molecule has 2 nitrogen and oxygen atoms in total. The molecule has 0 bridgehead atoms. The molecule has 16 heavy (non-hydrogen) atoms. The Morgan fingerprint density at radius 2 is 1.94 bits per heavy atom. The summed E-state index contributed by atoms with van der Waals surface area (Å²) in [5.41, 5.74) is 0.296. The van der Waals surface area contributed by atoms with Gasteiger partial charge in [-0.1, -0.05) is 18.2 Å². The average molecular weight is 229 g/mol. The third-order valence-electron chi connectivity index (χ3n) is 2.53. The second-order valence-electron chi connectivity index (χ2n) is 3.66. The van der Waals surface area contributed by atoms with Crippen molar-refractivity contribution in [3.8, 4) is 0 Å². The third-order valence-corrected chi connectivity index (χ3v) is 2.53. The fraction of sp³-hybridized carbons (Fsp3) is 0.273. The Bertz CT molecular complexity index is 515. The molecule has 0 saturated heterocycles. The number of benzene rings is 1. The van der Waals surface area contributed by atoms with Crippen molar-refractivity contribution in [2.45, 2.75) is 12.3 Å². The van der Waals surface area contributed by atoms with Gasteiger partial charge in [0, 0.05) is 18.8 Å². The largest absolute Gasteiger partial charge is 0.418 e. The normalized spacial score (nSPS) is 14.3. The van der Waals surface area contributed by atoms with Gasteiger partial charge in [0.05, 0.1) is 5.52 Å². The summed E-state index contributed by atoms with van der Waals surface area (Å²) in [7, 11) is 1.65. The summed E-state index contributed by atoms with van der Waals surface area (Å²) in [6, 6.07) is 6.22. The van der Waals surface area contributed by atoms with Gasteiger partial charge in [-0.2, -0.15) is 13.2 Å². The Hall–Kier alpha value is -1.49. The van der Waals surface area contributed by atoms with Gasteiger partial charge in [-0.05, 0) is 11.5 Å². The highest BCUT2D eigenvalue weighted by Crippen LogP contribution is 2.35. The number of rotatable bonds is 1. The smallest absolute Gasteiger partial charge is 0.379 e. The molecule has 1 heterocycles. The van der Waals surface area contributed by atoms with E-state index in [9.17, 15) is 18.3 Å². The Balaban J connectivity index is 2.64. The number of aliphatic hydroxyl groups excluding tert-OH is 1. The monoisotopic (exact) mass is 229 g/mol. The van der Waals surface area contributed by atoms with Crippen LogP contribution in [0.3, 0.4) is 0 Å². The first-order valence-corrected chi connectivity index (χ1v) is 4.70. The Kier molecular flexibility index (Phi) is 2.42. The van der Waals surface area contributed by atoms with E-state index in [2.05, 4.69) is 0 Å². The molecular formula is C11H10F3NO. The molecule has 1 atom stereocenters. The van der Waals surface area contributed by atoms with E-state index in [0.29, 0.717) is 10.9 Å². The Labute approximate surface area is 89.9 Å². The maximum absolute atomic E-state index is 12.4. The Morgan fingerprint density at radius 3 is 2.56 bits per heavy atom. The highest BCUT2D eigenvalue weighted by atomic mass is 19.4. The number of para-hydroxylation sites is 1. The van der Waals surface area contributed by atoms with E-state index in [4.69, 9.17) is 0 Å². The lowest BCUT2D eigenvalue weighted by atomic mass is 10.1. The summed E-state index contributed by atoms with van der Waals surface area (Å²) < 4.78 is 38.9. The number of aryl methyl sites for hydroxylation is 1. The van der Waals surface area contributed by atoms with Gasteiger partial charge in [-0.15, -0.1) is 0 Å². The molecule has 0 aliphatic heterocycles. The van der Waals surface area contributed by atoms with Crippen LogP contribution >= 0.6 is 0 Å². The molecule has 0 radical (unpaired) electrons. The first-order chi connectivity index (χ1) is 7.41. The van der Waals surface area contributed by atoms with Crippen molar-refractivity contribution in [2.24, 2.45) is 7.05 Å². The molecule has 1 aromatic heterocycles. The number of nitrogens with zero attached hydrogens (tertiary/aromatic N) is 1. The molecule has 0 spiro atoms. The molecule has 0 fully saturated rings. The minimum Gasteiger partial charge on any atom is -0.379 e. The van der Waals surface area contributed by atoms with Crippen molar-refractivity contribution >= 4 is 10.9 Å². The van der Waals surface area contributed by atoms with E-state index < -0.39 is 12.3 Å². The summed E-state index contributed by atoms with van der Waals surface area (Å²) in [6.45, 7) is 0. The standard InChI is InChI=1S/C11H10F3NO/c1-15-6-5-7-3-2-4-8(9(7)15)10(16)11(12,13)14/h2-6,10,16H,1H3. The lowest BCUT2D eigenvalue weighted by Crippen LogP contribution is -2.20. The van der Waals surface area contributed by atoms with E-state index in [1.165, 1.54) is 12.1 Å². The van der Waals surface area contributed by atoms with E-state index >= 15 is 0 Å². The van der Waals surface area contributed by atoms with Crippen molar-refractivity contribution < 1.29 is 18.3 Å². The maximum Gasteiger partial charge on any atom is 0.418 e. The number of aliphatic hydroxyl groups is 1. The molecule has 86 valence electrons. The number of aromatic nitrogens is 1. The number of halogens is 3. The van der Waals surface area contributed by atoms with Gasteiger partial charge in [0.1, 0.15) is 0 Å². The second kappa shape index (κ2) is 3.52. The molecule has 1 N–H and O–H groups in total. The molecule has 5 heteroatoms. The van der Waals surface area contributed by atoms with Crippen molar-refractivity contribution in [1.29, 1.82) is 0 Å². The third kappa shape index (κ3) is 1.67.